The number of nitrogens with zero attached hydrogens (tertiary/aromatic N) is 2. The average Bonchev–Trinajstić information content (AvgIpc) is 2.39. The van der Waals surface area contributed by atoms with Crippen molar-refractivity contribution in [3.8, 4) is 0 Å². The minimum atomic E-state index is -4.47. The summed E-state index contributed by atoms with van der Waals surface area (Å²) in [6, 6.07) is 1.70. The number of anilines is 1. The molecule has 2 amide bonds. The molecule has 0 radical (unpaired) electrons. The first-order valence-electron chi connectivity index (χ1n) is 5.77. The Morgan fingerprint density at radius 1 is 1.32 bits per heavy atom. The van der Waals surface area contributed by atoms with E-state index in [0.717, 1.165) is 12.3 Å². The fraction of sp³-hybridized carbons (Fsp3) is 0.455. The van der Waals surface area contributed by atoms with Gasteiger partial charge < -0.3 is 15.5 Å². The van der Waals surface area contributed by atoms with E-state index in [1.807, 2.05) is 0 Å². The van der Waals surface area contributed by atoms with Crippen molar-refractivity contribution in [2.24, 2.45) is 0 Å². The molecule has 1 aliphatic rings. The van der Waals surface area contributed by atoms with Crippen LogP contribution in [0.4, 0.5) is 23.7 Å². The molecule has 0 unspecified atom stereocenters. The monoisotopic (exact) mass is 274 g/mol. The van der Waals surface area contributed by atoms with Crippen LogP contribution in [0.2, 0.25) is 0 Å². The van der Waals surface area contributed by atoms with Gasteiger partial charge in [0, 0.05) is 26.2 Å². The molecule has 1 aliphatic heterocycles. The fourth-order valence-electron chi connectivity index (χ4n) is 1.71. The Labute approximate surface area is 107 Å². The summed E-state index contributed by atoms with van der Waals surface area (Å²) < 4.78 is 36.9. The molecule has 104 valence electrons. The third kappa shape index (κ3) is 3.57. The van der Waals surface area contributed by atoms with Gasteiger partial charge >= 0.3 is 12.2 Å². The number of halogens is 3. The van der Waals surface area contributed by atoms with E-state index in [4.69, 9.17) is 0 Å². The summed E-state index contributed by atoms with van der Waals surface area (Å²) in [7, 11) is 0. The fourth-order valence-corrected chi connectivity index (χ4v) is 1.71. The third-order valence-corrected chi connectivity index (χ3v) is 2.71. The number of pyridine rings is 1. The smallest absolute Gasteiger partial charge is 0.322 e. The molecule has 1 aromatic heterocycles. The highest BCUT2D eigenvalue weighted by atomic mass is 19.4. The van der Waals surface area contributed by atoms with Gasteiger partial charge in [0.2, 0.25) is 0 Å². The van der Waals surface area contributed by atoms with Crippen molar-refractivity contribution in [2.45, 2.75) is 6.18 Å². The first-order valence-corrected chi connectivity index (χ1v) is 5.77. The molecule has 2 heterocycles. The first-order chi connectivity index (χ1) is 8.97. The molecule has 5 nitrogen and oxygen atoms in total. The van der Waals surface area contributed by atoms with E-state index >= 15 is 0 Å². The van der Waals surface area contributed by atoms with Gasteiger partial charge in [-0.15, -0.1) is 0 Å². The molecule has 0 atom stereocenters. The lowest BCUT2D eigenvalue weighted by Gasteiger charge is -2.27. The van der Waals surface area contributed by atoms with E-state index in [-0.39, 0.29) is 11.7 Å². The van der Waals surface area contributed by atoms with Gasteiger partial charge in [-0.2, -0.15) is 13.2 Å². The molecule has 1 saturated heterocycles. The summed E-state index contributed by atoms with van der Waals surface area (Å²) >= 11 is 0. The number of carbonyl (C=O) groups is 1. The van der Waals surface area contributed by atoms with Crippen LogP contribution in [0.1, 0.15) is 5.69 Å². The zero-order valence-corrected chi connectivity index (χ0v) is 10.00. The molecule has 1 aromatic rings. The van der Waals surface area contributed by atoms with Crippen molar-refractivity contribution in [1.82, 2.24) is 15.2 Å². The van der Waals surface area contributed by atoms with E-state index < -0.39 is 11.9 Å². The van der Waals surface area contributed by atoms with E-state index in [1.165, 1.54) is 6.07 Å². The lowest BCUT2D eigenvalue weighted by molar-refractivity contribution is -0.141. The maximum absolute atomic E-state index is 12.3. The zero-order chi connectivity index (χ0) is 13.9. The molecule has 2 rings (SSSR count). The molecular weight excluding hydrogens is 261 g/mol. The quantitative estimate of drug-likeness (QED) is 0.816. The second-order valence-electron chi connectivity index (χ2n) is 4.10. The summed E-state index contributed by atoms with van der Waals surface area (Å²) in [5.41, 5.74) is -0.732. The highest BCUT2D eigenvalue weighted by molar-refractivity contribution is 5.89. The Morgan fingerprint density at radius 2 is 2.00 bits per heavy atom. The molecule has 19 heavy (non-hydrogen) atoms. The van der Waals surface area contributed by atoms with E-state index in [2.05, 4.69) is 15.6 Å². The predicted molar refractivity (Wildman–Crippen MR) is 62.7 cm³/mol. The van der Waals surface area contributed by atoms with Gasteiger partial charge in [0.05, 0.1) is 11.9 Å². The van der Waals surface area contributed by atoms with E-state index in [9.17, 15) is 18.0 Å². The van der Waals surface area contributed by atoms with Gasteiger partial charge in [0.25, 0.3) is 0 Å². The molecule has 0 aromatic carbocycles. The number of hydrogen-bond donors (Lipinski definition) is 2. The Balaban J connectivity index is 1.97. The topological polar surface area (TPSA) is 57.3 Å². The van der Waals surface area contributed by atoms with Gasteiger partial charge in [0.1, 0.15) is 5.69 Å². The number of urea groups is 1. The van der Waals surface area contributed by atoms with Crippen LogP contribution in [0, 0.1) is 0 Å². The van der Waals surface area contributed by atoms with Crippen LogP contribution in [0.3, 0.4) is 0 Å². The number of rotatable bonds is 1. The van der Waals surface area contributed by atoms with Crippen molar-refractivity contribution in [1.29, 1.82) is 0 Å². The number of piperazine rings is 1. The first kappa shape index (κ1) is 13.6. The Kier molecular flexibility index (Phi) is 3.89. The van der Waals surface area contributed by atoms with Crippen LogP contribution in [-0.2, 0) is 6.18 Å². The number of hydrogen-bond acceptors (Lipinski definition) is 3. The second-order valence-corrected chi connectivity index (χ2v) is 4.10. The highest BCUT2D eigenvalue weighted by Crippen LogP contribution is 2.27. The maximum atomic E-state index is 12.3. The third-order valence-electron chi connectivity index (χ3n) is 2.71. The van der Waals surface area contributed by atoms with Crippen LogP contribution in [0.5, 0.6) is 0 Å². The van der Waals surface area contributed by atoms with Gasteiger partial charge in [-0.25, -0.2) is 9.78 Å². The van der Waals surface area contributed by atoms with Crippen LogP contribution in [-0.4, -0.2) is 42.1 Å². The molecule has 0 aliphatic carbocycles. The van der Waals surface area contributed by atoms with Crippen molar-refractivity contribution >= 4 is 11.7 Å². The number of amides is 2. The number of carbonyl (C=O) groups excluding carboxylic acids is 1. The van der Waals surface area contributed by atoms with Crippen LogP contribution in [0.25, 0.3) is 0 Å². The normalized spacial score (nSPS) is 16.3. The molecular formula is C11H13F3N4O. The molecule has 0 spiro atoms. The molecule has 2 N–H and O–H groups in total. The van der Waals surface area contributed by atoms with Crippen molar-refractivity contribution in [2.75, 3.05) is 31.5 Å². The minimum Gasteiger partial charge on any atom is -0.322 e. The summed E-state index contributed by atoms with van der Waals surface area (Å²) in [6.07, 6.45) is -3.47. The zero-order valence-electron chi connectivity index (χ0n) is 10.00. The molecule has 0 saturated carbocycles. The van der Waals surface area contributed by atoms with E-state index in [1.54, 1.807) is 4.90 Å². The Hall–Kier alpha value is -1.83. The second kappa shape index (κ2) is 5.43. The largest absolute Gasteiger partial charge is 0.433 e. The Morgan fingerprint density at radius 3 is 2.53 bits per heavy atom. The van der Waals surface area contributed by atoms with Crippen LogP contribution < -0.4 is 10.6 Å². The number of alkyl halides is 3. The standard InChI is InChI=1S/C11H13F3N4O/c12-11(13,14)9-2-1-8(7-16-9)17-10(19)18-5-3-15-4-6-18/h1-2,7,15H,3-6H2,(H,17,19). The molecule has 1 fully saturated rings. The maximum Gasteiger partial charge on any atom is 0.433 e. The van der Waals surface area contributed by atoms with Gasteiger partial charge in [-0.3, -0.25) is 0 Å². The van der Waals surface area contributed by atoms with Crippen LogP contribution in [0.15, 0.2) is 18.3 Å². The summed E-state index contributed by atoms with van der Waals surface area (Å²) in [5.74, 6) is 0. The summed E-state index contributed by atoms with van der Waals surface area (Å²) in [5, 5.41) is 5.62. The SMILES string of the molecule is O=C(Nc1ccc(C(F)(F)F)nc1)N1CCNCC1. The lowest BCUT2D eigenvalue weighted by Crippen LogP contribution is -2.48. The number of nitrogens with one attached hydrogen (secondary N) is 2. The Bertz CT molecular complexity index is 440. The summed E-state index contributed by atoms with van der Waals surface area (Å²) in [6.45, 7) is 2.55. The molecule has 8 heteroatoms. The van der Waals surface area contributed by atoms with Crippen molar-refractivity contribution in [3.63, 3.8) is 0 Å². The lowest BCUT2D eigenvalue weighted by atomic mass is 10.3. The van der Waals surface area contributed by atoms with Crippen LogP contribution >= 0.6 is 0 Å². The van der Waals surface area contributed by atoms with Crippen molar-refractivity contribution in [3.05, 3.63) is 24.0 Å². The van der Waals surface area contributed by atoms with Crippen molar-refractivity contribution < 1.29 is 18.0 Å². The molecule has 0 bridgehead atoms. The average molecular weight is 274 g/mol. The van der Waals surface area contributed by atoms with E-state index in [0.29, 0.717) is 26.2 Å². The predicted octanol–water partition coefficient (Wildman–Crippen LogP) is 1.54. The highest BCUT2D eigenvalue weighted by Gasteiger charge is 2.32. The van der Waals surface area contributed by atoms with Gasteiger partial charge in [-0.1, -0.05) is 0 Å². The summed E-state index contributed by atoms with van der Waals surface area (Å²) in [4.78, 5) is 16.7. The minimum absolute atomic E-state index is 0.247. The van der Waals surface area contributed by atoms with Gasteiger partial charge in [-0.05, 0) is 12.1 Å². The number of aromatic nitrogens is 1. The van der Waals surface area contributed by atoms with Gasteiger partial charge in [0.15, 0.2) is 0 Å².